The quantitative estimate of drug-likeness (QED) is 0.232. The predicted molar refractivity (Wildman–Crippen MR) is 131 cm³/mol. The maximum Gasteiger partial charge on any atom is 0.311 e. The Hall–Kier alpha value is -1.92. The molecular weight excluding hydrogens is 464 g/mol. The van der Waals surface area contributed by atoms with Gasteiger partial charge in [-0.25, -0.2) is 4.90 Å². The van der Waals surface area contributed by atoms with E-state index in [9.17, 15) is 10.0 Å². The number of aromatic nitrogens is 2. The second kappa shape index (κ2) is 10.1. The van der Waals surface area contributed by atoms with Gasteiger partial charge in [0.2, 0.25) is 0 Å². The molecule has 1 fully saturated rings. The van der Waals surface area contributed by atoms with Crippen molar-refractivity contribution in [3.63, 3.8) is 0 Å². The lowest BCUT2D eigenvalue weighted by Gasteiger charge is -2.38. The molecule has 0 radical (unpaired) electrons. The molecule has 0 N–H and O–H groups in total. The van der Waals surface area contributed by atoms with Crippen molar-refractivity contribution in [2.24, 2.45) is 0 Å². The summed E-state index contributed by atoms with van der Waals surface area (Å²) in [6.45, 7) is 8.49. The Bertz CT molecular complexity index is 958. The Labute approximate surface area is 203 Å². The molecule has 1 saturated heterocycles. The normalized spacial score (nSPS) is 22.2. The van der Waals surface area contributed by atoms with Gasteiger partial charge in [-0.2, -0.15) is 0 Å². The van der Waals surface area contributed by atoms with Gasteiger partial charge in [0, 0.05) is 10.7 Å². The number of likely N-dealkylation sites (N-methyl/N-ethyl adjacent to an activating group) is 1. The number of methoxy groups -OCH3 is 2. The zero-order chi connectivity index (χ0) is 24.4. The number of hydrogen-bond donors (Lipinski definition) is 0. The number of quaternary nitrogens is 1. The third-order valence-corrected chi connectivity index (χ3v) is 7.86. The van der Waals surface area contributed by atoms with Crippen LogP contribution in [0.2, 0.25) is 0 Å². The molecule has 0 aliphatic carbocycles. The van der Waals surface area contributed by atoms with Crippen LogP contribution in [0.4, 0.5) is 5.13 Å². The molecule has 1 aliphatic heterocycles. The molecule has 1 aliphatic rings. The number of rotatable bonds is 8. The number of nitrogens with zero attached hydrogens (tertiary/aromatic N) is 4. The summed E-state index contributed by atoms with van der Waals surface area (Å²) in [5.74, 6) is 0.930. The number of esters is 1. The van der Waals surface area contributed by atoms with Crippen molar-refractivity contribution in [1.29, 1.82) is 0 Å². The minimum Gasteiger partial charge on any atom is -0.622 e. The molecule has 0 amide bonds. The van der Waals surface area contributed by atoms with Crippen LogP contribution in [0, 0.1) is 5.21 Å². The van der Waals surface area contributed by atoms with E-state index in [0.717, 1.165) is 9.90 Å². The standard InChI is InChI=1S/C22H32N4O5S2/c1-14(32-19-15(29-6)9-8-10-16(19)30-7)11-18(27)31-17-12-25(5)13-26(17,28)21-24-23-20(33-21)22(2,3)4/h8-10,14,17H,11-13H2,1-7H3. The fraction of sp³-hybridized carbons (Fsp3) is 0.591. The Kier molecular flexibility index (Phi) is 7.90. The molecular formula is C22H32N4O5S2. The average Bonchev–Trinajstić information content (AvgIpc) is 3.34. The third-order valence-electron chi connectivity index (χ3n) is 5.19. The van der Waals surface area contributed by atoms with Gasteiger partial charge in [-0.05, 0) is 30.5 Å². The monoisotopic (exact) mass is 496 g/mol. The molecule has 3 rings (SSSR count). The first kappa shape index (κ1) is 25.7. The molecule has 0 saturated carbocycles. The maximum atomic E-state index is 13.8. The van der Waals surface area contributed by atoms with Crippen LogP contribution in [0.5, 0.6) is 11.5 Å². The van der Waals surface area contributed by atoms with E-state index in [2.05, 4.69) is 10.2 Å². The van der Waals surface area contributed by atoms with Crippen LogP contribution in [0.25, 0.3) is 0 Å². The van der Waals surface area contributed by atoms with Gasteiger partial charge in [-0.15, -0.1) is 16.9 Å². The molecule has 1 aromatic carbocycles. The molecule has 1 aromatic heterocycles. The van der Waals surface area contributed by atoms with Gasteiger partial charge >= 0.3 is 11.1 Å². The Balaban J connectivity index is 1.70. The largest absolute Gasteiger partial charge is 0.622 e. The van der Waals surface area contributed by atoms with Crippen LogP contribution >= 0.6 is 23.1 Å². The van der Waals surface area contributed by atoms with Crippen molar-refractivity contribution in [3.8, 4) is 11.5 Å². The Morgan fingerprint density at radius 2 is 1.94 bits per heavy atom. The van der Waals surface area contributed by atoms with E-state index in [-0.39, 0.29) is 23.8 Å². The molecule has 182 valence electrons. The number of ether oxygens (including phenoxy) is 3. The second-order valence-corrected chi connectivity index (χ2v) is 11.6. The molecule has 2 aromatic rings. The lowest BCUT2D eigenvalue weighted by atomic mass is 9.98. The summed E-state index contributed by atoms with van der Waals surface area (Å²) in [7, 11) is 5.02. The smallest absolute Gasteiger partial charge is 0.311 e. The molecule has 11 heteroatoms. The summed E-state index contributed by atoms with van der Waals surface area (Å²) in [4.78, 5) is 15.5. The van der Waals surface area contributed by atoms with Gasteiger partial charge in [0.05, 0.1) is 32.1 Å². The van der Waals surface area contributed by atoms with Gasteiger partial charge in [-0.1, -0.05) is 38.9 Å². The van der Waals surface area contributed by atoms with E-state index in [1.165, 1.54) is 23.1 Å². The van der Waals surface area contributed by atoms with Gasteiger partial charge in [-0.3, -0.25) is 9.44 Å². The van der Waals surface area contributed by atoms with Crippen molar-refractivity contribution >= 4 is 34.2 Å². The lowest BCUT2D eigenvalue weighted by Crippen LogP contribution is -2.51. The van der Waals surface area contributed by atoms with E-state index in [4.69, 9.17) is 14.2 Å². The topological polar surface area (TPSA) is 96.8 Å². The molecule has 3 atom stereocenters. The van der Waals surface area contributed by atoms with Crippen LogP contribution in [0.15, 0.2) is 23.1 Å². The molecule has 0 spiro atoms. The summed E-state index contributed by atoms with van der Waals surface area (Å²) >= 11 is 2.75. The highest BCUT2D eigenvalue weighted by Crippen LogP contribution is 2.41. The van der Waals surface area contributed by atoms with E-state index in [0.29, 0.717) is 23.2 Å². The third kappa shape index (κ3) is 5.78. The van der Waals surface area contributed by atoms with Crippen molar-refractivity contribution in [3.05, 3.63) is 28.4 Å². The number of thioether (sulfide) groups is 1. The number of carbonyl (C=O) groups excluding carboxylic acids is 1. The number of hydrogen-bond acceptors (Lipinski definition) is 10. The minimum atomic E-state index is -0.888. The highest BCUT2D eigenvalue weighted by molar-refractivity contribution is 8.00. The number of carbonyl (C=O) groups is 1. The Morgan fingerprint density at radius 3 is 2.48 bits per heavy atom. The fourth-order valence-corrected chi connectivity index (χ4v) is 5.62. The zero-order valence-corrected chi connectivity index (χ0v) is 21.8. The van der Waals surface area contributed by atoms with E-state index < -0.39 is 16.8 Å². The minimum absolute atomic E-state index is 0.121. The lowest BCUT2D eigenvalue weighted by molar-refractivity contribution is -0.153. The fourth-order valence-electron chi connectivity index (χ4n) is 3.49. The van der Waals surface area contributed by atoms with Gasteiger partial charge in [0.1, 0.15) is 23.2 Å². The first-order valence-corrected chi connectivity index (χ1v) is 12.4. The summed E-state index contributed by atoms with van der Waals surface area (Å²) < 4.78 is 15.7. The molecule has 2 heterocycles. The van der Waals surface area contributed by atoms with Crippen LogP contribution in [-0.4, -0.2) is 67.0 Å². The van der Waals surface area contributed by atoms with Crippen molar-refractivity contribution in [2.45, 2.75) is 55.9 Å². The first-order valence-electron chi connectivity index (χ1n) is 10.7. The predicted octanol–water partition coefficient (Wildman–Crippen LogP) is 4.00. The second-order valence-electron chi connectivity index (χ2n) is 9.18. The van der Waals surface area contributed by atoms with Crippen LogP contribution in [0.1, 0.15) is 39.1 Å². The van der Waals surface area contributed by atoms with E-state index >= 15 is 0 Å². The molecule has 3 unspecified atom stereocenters. The highest BCUT2D eigenvalue weighted by Gasteiger charge is 2.45. The summed E-state index contributed by atoms with van der Waals surface area (Å²) in [6.07, 6.45) is -0.753. The van der Waals surface area contributed by atoms with E-state index in [1.807, 2.05) is 57.8 Å². The summed E-state index contributed by atoms with van der Waals surface area (Å²) in [5, 5.41) is 23.1. The highest BCUT2D eigenvalue weighted by atomic mass is 32.2. The summed E-state index contributed by atoms with van der Waals surface area (Å²) in [6, 6.07) is 5.55. The zero-order valence-electron chi connectivity index (χ0n) is 20.2. The van der Waals surface area contributed by atoms with Crippen LogP contribution in [-0.2, 0) is 14.9 Å². The average molecular weight is 497 g/mol. The van der Waals surface area contributed by atoms with Gasteiger partial charge < -0.3 is 19.4 Å². The maximum absolute atomic E-state index is 13.8. The summed E-state index contributed by atoms with van der Waals surface area (Å²) in [5.41, 5.74) is -0.209. The van der Waals surface area contributed by atoms with Crippen LogP contribution < -0.4 is 14.1 Å². The SMILES string of the molecule is COc1cccc(OC)c1SC(C)CC(=O)OC1CN(C)C[N+]1([O-])c1nnc(C(C)(C)C)s1. The van der Waals surface area contributed by atoms with Crippen molar-refractivity contribution in [1.82, 2.24) is 19.7 Å². The van der Waals surface area contributed by atoms with Crippen molar-refractivity contribution < 1.29 is 19.0 Å². The molecule has 0 bridgehead atoms. The van der Waals surface area contributed by atoms with Gasteiger partial charge in [0.25, 0.3) is 6.23 Å². The van der Waals surface area contributed by atoms with Crippen LogP contribution in [0.3, 0.4) is 0 Å². The van der Waals surface area contributed by atoms with E-state index in [1.54, 1.807) is 14.2 Å². The molecule has 9 nitrogen and oxygen atoms in total. The van der Waals surface area contributed by atoms with Gasteiger partial charge in [0.15, 0.2) is 0 Å². The number of hydroxylamine groups is 2. The van der Waals surface area contributed by atoms with Crippen molar-refractivity contribution in [2.75, 3.05) is 34.5 Å². The molecule has 33 heavy (non-hydrogen) atoms. The Morgan fingerprint density at radius 1 is 1.30 bits per heavy atom. The first-order chi connectivity index (χ1) is 15.5. The number of benzene rings is 1.